The monoisotopic (exact) mass is 446 g/mol. The lowest BCUT2D eigenvalue weighted by atomic mass is 9.79. The number of anilines is 1. The number of benzene rings is 2. The van der Waals surface area contributed by atoms with Crippen molar-refractivity contribution in [3.05, 3.63) is 83.4 Å². The number of halogens is 1. The van der Waals surface area contributed by atoms with Crippen molar-refractivity contribution >= 4 is 17.8 Å². The fourth-order valence-corrected chi connectivity index (χ4v) is 4.81. The molecule has 4 rings (SSSR count). The van der Waals surface area contributed by atoms with Gasteiger partial charge in [0.15, 0.2) is 0 Å². The molecule has 6 heteroatoms. The standard InChI is InChI=1S/C27H31FN4O/c1-5-11-32-25-16-24(28)21(15-23(25)19(2)17-27(32,3)4)18-29-30-26(33)20-9-8-10-22(14-20)31-12-6-7-13-31/h6-10,12-16,18-19H,5,11,17H2,1-4H3,(H,30,33)/b29-18+. The minimum atomic E-state index is -0.345. The normalized spacial score (nSPS) is 17.2. The number of rotatable bonds is 6. The van der Waals surface area contributed by atoms with Gasteiger partial charge in [-0.1, -0.05) is 19.9 Å². The molecular weight excluding hydrogens is 415 g/mol. The molecule has 3 aromatic rings. The Bertz CT molecular complexity index is 1170. The molecule has 0 spiro atoms. The van der Waals surface area contributed by atoms with Crippen LogP contribution in [0, 0.1) is 5.82 Å². The Kier molecular flexibility index (Phi) is 6.36. The maximum absolute atomic E-state index is 15.0. The van der Waals surface area contributed by atoms with Gasteiger partial charge in [0.25, 0.3) is 5.91 Å². The summed E-state index contributed by atoms with van der Waals surface area (Å²) in [4.78, 5) is 14.9. The van der Waals surface area contributed by atoms with Crippen LogP contribution >= 0.6 is 0 Å². The van der Waals surface area contributed by atoms with Gasteiger partial charge in [0.1, 0.15) is 5.82 Å². The van der Waals surface area contributed by atoms with Gasteiger partial charge in [-0.05, 0) is 80.6 Å². The number of nitrogens with zero attached hydrogens (tertiary/aromatic N) is 3. The second kappa shape index (κ2) is 9.22. The Morgan fingerprint density at radius 1 is 1.21 bits per heavy atom. The number of aromatic nitrogens is 1. The highest BCUT2D eigenvalue weighted by atomic mass is 19.1. The molecule has 0 bridgehead atoms. The van der Waals surface area contributed by atoms with Crippen molar-refractivity contribution in [3.63, 3.8) is 0 Å². The van der Waals surface area contributed by atoms with E-state index in [-0.39, 0.29) is 17.3 Å². The van der Waals surface area contributed by atoms with E-state index in [0.29, 0.717) is 17.0 Å². The Balaban J connectivity index is 1.53. The summed E-state index contributed by atoms with van der Waals surface area (Å²) in [5, 5.41) is 4.04. The molecule has 0 saturated carbocycles. The fourth-order valence-electron chi connectivity index (χ4n) is 4.81. The van der Waals surface area contributed by atoms with Gasteiger partial charge in [-0.2, -0.15) is 5.10 Å². The van der Waals surface area contributed by atoms with Gasteiger partial charge in [0.05, 0.1) is 6.21 Å². The molecule has 1 atom stereocenters. The molecule has 0 radical (unpaired) electrons. The van der Waals surface area contributed by atoms with Crippen molar-refractivity contribution in [2.75, 3.05) is 11.4 Å². The van der Waals surface area contributed by atoms with Gasteiger partial charge in [-0.3, -0.25) is 4.79 Å². The van der Waals surface area contributed by atoms with Gasteiger partial charge in [0, 0.05) is 47.0 Å². The number of amides is 1. The number of carbonyl (C=O) groups excluding carboxylic acids is 1. The summed E-state index contributed by atoms with van der Waals surface area (Å²) >= 11 is 0. The van der Waals surface area contributed by atoms with Gasteiger partial charge in [0.2, 0.25) is 0 Å². The quantitative estimate of drug-likeness (QED) is 0.380. The molecule has 172 valence electrons. The molecular formula is C27H31FN4O. The third-order valence-corrected chi connectivity index (χ3v) is 6.33. The Hall–Kier alpha value is -3.41. The number of hydrogen-bond acceptors (Lipinski definition) is 3. The van der Waals surface area contributed by atoms with Crippen LogP contribution < -0.4 is 10.3 Å². The third-order valence-electron chi connectivity index (χ3n) is 6.33. The van der Waals surface area contributed by atoms with E-state index in [2.05, 4.69) is 43.1 Å². The first-order valence-electron chi connectivity index (χ1n) is 11.5. The molecule has 2 aromatic carbocycles. The first kappa shape index (κ1) is 22.8. The molecule has 5 nitrogen and oxygen atoms in total. The predicted molar refractivity (Wildman–Crippen MR) is 132 cm³/mol. The summed E-state index contributed by atoms with van der Waals surface area (Å²) in [5.41, 5.74) is 6.32. The summed E-state index contributed by atoms with van der Waals surface area (Å²) in [6.45, 7) is 9.65. The van der Waals surface area contributed by atoms with Crippen molar-refractivity contribution in [1.82, 2.24) is 9.99 Å². The molecule has 1 aliphatic heterocycles. The molecule has 33 heavy (non-hydrogen) atoms. The highest BCUT2D eigenvalue weighted by molar-refractivity contribution is 5.95. The highest BCUT2D eigenvalue weighted by Crippen LogP contribution is 2.44. The van der Waals surface area contributed by atoms with Crippen LogP contribution in [0.3, 0.4) is 0 Å². The minimum absolute atomic E-state index is 0.0202. The lowest BCUT2D eigenvalue weighted by molar-refractivity contribution is 0.0955. The zero-order valence-corrected chi connectivity index (χ0v) is 19.7. The molecule has 1 aliphatic rings. The Morgan fingerprint density at radius 3 is 2.70 bits per heavy atom. The first-order valence-corrected chi connectivity index (χ1v) is 11.5. The van der Waals surface area contributed by atoms with Crippen LogP contribution in [0.5, 0.6) is 0 Å². The largest absolute Gasteiger partial charge is 0.366 e. The van der Waals surface area contributed by atoms with E-state index < -0.39 is 0 Å². The van der Waals surface area contributed by atoms with Crippen LogP contribution in [0.15, 0.2) is 66.0 Å². The van der Waals surface area contributed by atoms with E-state index in [4.69, 9.17) is 0 Å². The van der Waals surface area contributed by atoms with Crippen LogP contribution in [-0.2, 0) is 0 Å². The molecule has 0 fully saturated rings. The third kappa shape index (κ3) is 4.70. The van der Waals surface area contributed by atoms with Crippen molar-refractivity contribution < 1.29 is 9.18 Å². The molecule has 1 amide bonds. The van der Waals surface area contributed by atoms with E-state index in [0.717, 1.165) is 36.3 Å². The maximum Gasteiger partial charge on any atom is 0.271 e. The summed E-state index contributed by atoms with van der Waals surface area (Å²) in [5.74, 6) is -0.378. The summed E-state index contributed by atoms with van der Waals surface area (Å²) in [6.07, 6.45) is 7.21. The van der Waals surface area contributed by atoms with Crippen molar-refractivity contribution in [2.24, 2.45) is 5.10 Å². The van der Waals surface area contributed by atoms with Gasteiger partial charge < -0.3 is 9.47 Å². The van der Waals surface area contributed by atoms with E-state index in [9.17, 15) is 9.18 Å². The fraction of sp³-hybridized carbons (Fsp3) is 0.333. The zero-order chi connectivity index (χ0) is 23.6. The summed E-state index contributed by atoms with van der Waals surface area (Å²) < 4.78 is 16.9. The summed E-state index contributed by atoms with van der Waals surface area (Å²) in [6, 6.07) is 14.6. The van der Waals surface area contributed by atoms with Gasteiger partial charge in [-0.25, -0.2) is 9.82 Å². The molecule has 0 saturated heterocycles. The van der Waals surface area contributed by atoms with E-state index in [1.165, 1.54) is 6.21 Å². The van der Waals surface area contributed by atoms with Crippen LogP contribution in [0.4, 0.5) is 10.1 Å². The second-order valence-corrected chi connectivity index (χ2v) is 9.34. The number of carbonyl (C=O) groups is 1. The number of hydrazone groups is 1. The average molecular weight is 447 g/mol. The molecule has 0 aliphatic carbocycles. The van der Waals surface area contributed by atoms with E-state index >= 15 is 0 Å². The summed E-state index contributed by atoms with van der Waals surface area (Å²) in [7, 11) is 0. The number of fused-ring (bicyclic) bond motifs is 1. The predicted octanol–water partition coefficient (Wildman–Crippen LogP) is 5.88. The highest BCUT2D eigenvalue weighted by Gasteiger charge is 2.36. The van der Waals surface area contributed by atoms with Crippen LogP contribution in [-0.4, -0.2) is 28.8 Å². The smallest absolute Gasteiger partial charge is 0.271 e. The van der Waals surface area contributed by atoms with Gasteiger partial charge >= 0.3 is 0 Å². The molecule has 1 aromatic heterocycles. The maximum atomic E-state index is 15.0. The van der Waals surface area contributed by atoms with Crippen molar-refractivity contribution in [2.45, 2.75) is 52.0 Å². The molecule has 1 unspecified atom stereocenters. The van der Waals surface area contributed by atoms with Crippen molar-refractivity contribution in [3.8, 4) is 5.69 Å². The second-order valence-electron chi connectivity index (χ2n) is 9.34. The Morgan fingerprint density at radius 2 is 1.97 bits per heavy atom. The topological polar surface area (TPSA) is 49.6 Å². The van der Waals surface area contributed by atoms with E-state index in [1.807, 2.05) is 47.3 Å². The lowest BCUT2D eigenvalue weighted by Crippen LogP contribution is -2.48. The van der Waals surface area contributed by atoms with Crippen molar-refractivity contribution in [1.29, 1.82) is 0 Å². The minimum Gasteiger partial charge on any atom is -0.366 e. The van der Waals surface area contributed by atoms with Gasteiger partial charge in [-0.15, -0.1) is 0 Å². The lowest BCUT2D eigenvalue weighted by Gasteiger charge is -2.47. The molecule has 1 N–H and O–H groups in total. The molecule has 2 heterocycles. The number of nitrogens with one attached hydrogen (secondary N) is 1. The SMILES string of the molecule is CCCN1c2cc(F)c(/C=N/NC(=O)c3cccc(-n4cccc4)c3)cc2C(C)CC1(C)C. The zero-order valence-electron chi connectivity index (χ0n) is 19.7. The Labute approximate surface area is 194 Å². The van der Waals surface area contributed by atoms with Crippen LogP contribution in [0.25, 0.3) is 5.69 Å². The van der Waals surface area contributed by atoms with Crippen LogP contribution in [0.2, 0.25) is 0 Å². The average Bonchev–Trinajstić information content (AvgIpc) is 3.32. The first-order chi connectivity index (χ1) is 15.8. The van der Waals surface area contributed by atoms with Crippen LogP contribution in [0.1, 0.15) is 67.9 Å². The number of hydrogen-bond donors (Lipinski definition) is 1. The van der Waals surface area contributed by atoms with E-state index in [1.54, 1.807) is 18.2 Å².